The molecule has 0 unspecified atom stereocenters. The maximum Gasteiger partial charge on any atom is 0.200 e. The number of fused-ring (bicyclic) bond motifs is 1. The lowest BCUT2D eigenvalue weighted by Crippen LogP contribution is -2.00. The van der Waals surface area contributed by atoms with Gasteiger partial charge >= 0.3 is 0 Å². The molecule has 122 valence electrons. The van der Waals surface area contributed by atoms with Crippen LogP contribution >= 0.6 is 0 Å². The van der Waals surface area contributed by atoms with Crippen LogP contribution in [0.25, 0.3) is 22.3 Å². The van der Waals surface area contributed by atoms with Crippen LogP contribution in [0.1, 0.15) is 7.13 Å². The molecule has 0 spiro atoms. The Morgan fingerprint density at radius 3 is 2.09 bits per heavy atom. The summed E-state index contributed by atoms with van der Waals surface area (Å²) in [5.41, 5.74) is -0.498. The van der Waals surface area contributed by atoms with E-state index in [-0.39, 0.29) is 35.2 Å². The Morgan fingerprint density at radius 1 is 0.818 bits per heavy atom. The summed E-state index contributed by atoms with van der Waals surface area (Å²) in [5, 5.41) is 47.4. The molecular formula is C15H20O7. The summed E-state index contributed by atoms with van der Waals surface area (Å²) in [5.74, 6) is -2.60. The van der Waals surface area contributed by atoms with E-state index in [9.17, 15) is 30.3 Å². The molecule has 2 aromatic carbocycles. The highest BCUT2D eigenvalue weighted by molar-refractivity contribution is 5.86. The number of benzene rings is 2. The van der Waals surface area contributed by atoms with Crippen molar-refractivity contribution < 1.29 is 37.1 Å². The van der Waals surface area contributed by atoms with E-state index in [2.05, 4.69) is 0 Å². The van der Waals surface area contributed by atoms with Crippen molar-refractivity contribution in [3.8, 4) is 40.1 Å². The van der Waals surface area contributed by atoms with Gasteiger partial charge in [-0.3, -0.25) is 4.79 Å². The molecule has 3 rings (SSSR count). The van der Waals surface area contributed by atoms with Crippen LogP contribution in [-0.2, 0) is 0 Å². The lowest BCUT2D eigenvalue weighted by atomic mass is 10.1. The van der Waals surface area contributed by atoms with Gasteiger partial charge in [0, 0.05) is 30.9 Å². The van der Waals surface area contributed by atoms with Gasteiger partial charge in [-0.25, -0.2) is 0 Å². The summed E-state index contributed by atoms with van der Waals surface area (Å²) in [4.78, 5) is 12.1. The average Bonchev–Trinajstić information content (AvgIpc) is 2.42. The minimum absolute atomic E-state index is 0. The van der Waals surface area contributed by atoms with Crippen molar-refractivity contribution in [3.63, 3.8) is 0 Å². The summed E-state index contributed by atoms with van der Waals surface area (Å²) in [6.45, 7) is 0. The Kier molecular flexibility index (Phi) is 2.84. The third-order valence-corrected chi connectivity index (χ3v) is 3.15. The second-order valence-electron chi connectivity index (χ2n) is 4.68. The zero-order valence-corrected chi connectivity index (χ0v) is 10.9. The first-order valence-corrected chi connectivity index (χ1v) is 6.12. The van der Waals surface area contributed by atoms with Gasteiger partial charge in [-0.1, -0.05) is 0 Å². The number of rotatable bonds is 1. The molecule has 0 saturated heterocycles. The normalized spacial score (nSPS) is 10.9. The maximum atomic E-state index is 12.1. The summed E-state index contributed by atoms with van der Waals surface area (Å²) in [7, 11) is 0. The van der Waals surface area contributed by atoms with E-state index in [0.29, 0.717) is 0 Å². The maximum absolute atomic E-state index is 12.1. The van der Waals surface area contributed by atoms with Crippen LogP contribution in [0.3, 0.4) is 0 Å². The van der Waals surface area contributed by atoms with Crippen molar-refractivity contribution in [2.45, 2.75) is 0 Å². The highest BCUT2D eigenvalue weighted by Gasteiger charge is 2.15. The Bertz CT molecular complexity index is 952. The van der Waals surface area contributed by atoms with E-state index in [1.807, 2.05) is 0 Å². The second kappa shape index (κ2) is 4.59. The molecule has 22 heavy (non-hydrogen) atoms. The van der Waals surface area contributed by atoms with Crippen LogP contribution in [0.15, 0.2) is 39.5 Å². The molecule has 0 saturated carbocycles. The van der Waals surface area contributed by atoms with Gasteiger partial charge in [-0.05, 0) is 12.1 Å². The van der Waals surface area contributed by atoms with Crippen molar-refractivity contribution >= 4 is 11.0 Å². The van der Waals surface area contributed by atoms with Gasteiger partial charge in [0.1, 0.15) is 28.2 Å². The van der Waals surface area contributed by atoms with Gasteiger partial charge in [0.2, 0.25) is 0 Å². The summed E-state index contributed by atoms with van der Waals surface area (Å²) in [6.07, 6.45) is 0. The van der Waals surface area contributed by atoms with Crippen LogP contribution in [0, 0.1) is 0 Å². The fourth-order valence-electron chi connectivity index (χ4n) is 2.14. The fourth-order valence-corrected chi connectivity index (χ4v) is 2.14. The third-order valence-electron chi connectivity index (χ3n) is 3.15. The van der Waals surface area contributed by atoms with E-state index >= 15 is 0 Å². The summed E-state index contributed by atoms with van der Waals surface area (Å²) >= 11 is 0. The van der Waals surface area contributed by atoms with Gasteiger partial charge in [-0.2, -0.15) is 0 Å². The fraction of sp³-hybridized carbons (Fsp3) is 0. The van der Waals surface area contributed by atoms with Crippen molar-refractivity contribution in [3.05, 3.63) is 40.6 Å². The standard InChI is InChI=1S/C15H10O7.5H2/c16-7-3-8(17)14-9(18)5-12(22-13(14)4-7)6-1-10(19)15(21)11(20)2-6;;;;;/h1-5,16-17,19-21H;5*1H. The smallest absolute Gasteiger partial charge is 0.200 e. The van der Waals surface area contributed by atoms with Gasteiger partial charge in [0.15, 0.2) is 22.7 Å². The lowest BCUT2D eigenvalue weighted by Gasteiger charge is -2.07. The largest absolute Gasteiger partial charge is 0.508 e. The molecule has 0 amide bonds. The molecular weight excluding hydrogens is 292 g/mol. The molecule has 0 aliphatic carbocycles. The molecule has 7 heteroatoms. The second-order valence-corrected chi connectivity index (χ2v) is 4.68. The lowest BCUT2D eigenvalue weighted by molar-refractivity contribution is 0.368. The number of hydrogen-bond donors (Lipinski definition) is 5. The highest BCUT2D eigenvalue weighted by Crippen LogP contribution is 2.39. The number of phenolic OH excluding ortho intramolecular Hbond substituents is 5. The molecule has 3 aromatic rings. The minimum atomic E-state index is -0.692. The molecule has 0 fully saturated rings. The van der Waals surface area contributed by atoms with E-state index < -0.39 is 28.4 Å². The Labute approximate surface area is 130 Å². The average molecular weight is 312 g/mol. The van der Waals surface area contributed by atoms with Crippen molar-refractivity contribution in [2.24, 2.45) is 0 Å². The van der Waals surface area contributed by atoms with Crippen LogP contribution in [0.2, 0.25) is 0 Å². The third kappa shape index (κ3) is 2.05. The predicted molar refractivity (Wildman–Crippen MR) is 86.8 cm³/mol. The number of hydrogen-bond acceptors (Lipinski definition) is 7. The van der Waals surface area contributed by atoms with E-state index in [0.717, 1.165) is 30.3 Å². The minimum Gasteiger partial charge on any atom is -0.508 e. The Hall–Kier alpha value is -3.35. The van der Waals surface area contributed by atoms with Crippen molar-refractivity contribution in [1.29, 1.82) is 0 Å². The van der Waals surface area contributed by atoms with E-state index in [1.54, 1.807) is 0 Å². The monoisotopic (exact) mass is 312 g/mol. The molecule has 0 atom stereocenters. The van der Waals surface area contributed by atoms with E-state index in [4.69, 9.17) is 4.42 Å². The first-order valence-electron chi connectivity index (χ1n) is 6.12. The van der Waals surface area contributed by atoms with Crippen molar-refractivity contribution in [2.75, 3.05) is 0 Å². The summed E-state index contributed by atoms with van der Waals surface area (Å²) < 4.78 is 5.42. The molecule has 0 bridgehead atoms. The SMILES string of the molecule is O=c1cc(-c2cc(O)c(O)c(O)c2)oc2cc(O)cc(O)c12.[HH].[HH].[HH].[HH].[HH]. The Morgan fingerprint density at radius 2 is 1.45 bits per heavy atom. The van der Waals surface area contributed by atoms with Crippen LogP contribution in [0.5, 0.6) is 28.7 Å². The number of aromatic hydroxyl groups is 5. The molecule has 0 aliphatic rings. The first-order chi connectivity index (χ1) is 10.4. The molecule has 1 aromatic heterocycles. The Balaban J connectivity index is -0.00000115. The summed E-state index contributed by atoms with van der Waals surface area (Å²) in [6, 6.07) is 5.42. The van der Waals surface area contributed by atoms with Gasteiger partial charge in [-0.15, -0.1) is 0 Å². The molecule has 1 heterocycles. The zero-order chi connectivity index (χ0) is 16.0. The molecule has 5 N–H and O–H groups in total. The predicted octanol–water partition coefficient (Wildman–Crippen LogP) is 3.22. The highest BCUT2D eigenvalue weighted by atomic mass is 16.3. The topological polar surface area (TPSA) is 131 Å². The number of phenols is 5. The van der Waals surface area contributed by atoms with Crippen molar-refractivity contribution in [1.82, 2.24) is 0 Å². The van der Waals surface area contributed by atoms with Gasteiger partial charge in [0.05, 0.1) is 0 Å². The zero-order valence-electron chi connectivity index (χ0n) is 10.9. The molecule has 0 radical (unpaired) electrons. The molecule has 7 nitrogen and oxygen atoms in total. The molecule has 0 aliphatic heterocycles. The van der Waals surface area contributed by atoms with Crippen LogP contribution < -0.4 is 5.43 Å². The van der Waals surface area contributed by atoms with Gasteiger partial charge < -0.3 is 29.9 Å². The quantitative estimate of drug-likeness (QED) is 0.436. The van der Waals surface area contributed by atoms with Crippen LogP contribution in [0.4, 0.5) is 0 Å². The van der Waals surface area contributed by atoms with Crippen LogP contribution in [-0.4, -0.2) is 25.5 Å². The first kappa shape index (κ1) is 13.6. The van der Waals surface area contributed by atoms with E-state index in [1.165, 1.54) is 0 Å². The van der Waals surface area contributed by atoms with Gasteiger partial charge in [0.25, 0.3) is 0 Å².